The predicted octanol–water partition coefficient (Wildman–Crippen LogP) is 4.78. The molecule has 0 atom stereocenters. The van der Waals surface area contributed by atoms with Crippen LogP contribution in [0, 0.1) is 5.92 Å². The van der Waals surface area contributed by atoms with E-state index in [0.29, 0.717) is 5.88 Å². The fourth-order valence-electron chi connectivity index (χ4n) is 2.57. The summed E-state index contributed by atoms with van der Waals surface area (Å²) in [6, 6.07) is 8.63. The van der Waals surface area contributed by atoms with Crippen molar-refractivity contribution < 1.29 is 0 Å². The number of rotatable bonds is 7. The molecule has 0 aliphatic heterocycles. The standard InChI is InChI=1S/C17H21ClN2S/c1-2-20(10-13-7-8-13)11-14-5-3-4-6-16(14)17-19-15(9-18)12-21-17/h3-6,12-13H,2,7-11H2,1H3. The van der Waals surface area contributed by atoms with Crippen molar-refractivity contribution in [1.29, 1.82) is 0 Å². The largest absolute Gasteiger partial charge is 0.299 e. The molecule has 4 heteroatoms. The van der Waals surface area contributed by atoms with E-state index < -0.39 is 0 Å². The maximum absolute atomic E-state index is 5.87. The Bertz CT molecular complexity index is 592. The van der Waals surface area contributed by atoms with Gasteiger partial charge in [0, 0.05) is 24.0 Å². The number of benzene rings is 1. The van der Waals surface area contributed by atoms with Crippen LogP contribution in [0.2, 0.25) is 0 Å². The van der Waals surface area contributed by atoms with Gasteiger partial charge in [-0.05, 0) is 30.9 Å². The van der Waals surface area contributed by atoms with Crippen LogP contribution >= 0.6 is 22.9 Å². The Balaban J connectivity index is 1.80. The van der Waals surface area contributed by atoms with E-state index >= 15 is 0 Å². The lowest BCUT2D eigenvalue weighted by atomic mass is 10.1. The second-order valence-corrected chi connectivity index (χ2v) is 6.83. The van der Waals surface area contributed by atoms with E-state index in [4.69, 9.17) is 11.6 Å². The van der Waals surface area contributed by atoms with Crippen molar-refractivity contribution in [2.24, 2.45) is 5.92 Å². The van der Waals surface area contributed by atoms with Gasteiger partial charge in [-0.15, -0.1) is 22.9 Å². The summed E-state index contributed by atoms with van der Waals surface area (Å²) in [4.78, 5) is 7.18. The lowest BCUT2D eigenvalue weighted by Crippen LogP contribution is -2.25. The SMILES string of the molecule is CCN(Cc1ccccc1-c1nc(CCl)cs1)CC1CC1. The number of hydrogen-bond acceptors (Lipinski definition) is 3. The lowest BCUT2D eigenvalue weighted by Gasteiger charge is -2.21. The molecule has 2 aromatic rings. The zero-order valence-corrected chi connectivity index (χ0v) is 14.0. The van der Waals surface area contributed by atoms with E-state index in [1.54, 1.807) is 11.3 Å². The van der Waals surface area contributed by atoms with E-state index in [-0.39, 0.29) is 0 Å². The molecule has 0 spiro atoms. The molecule has 0 unspecified atom stereocenters. The molecule has 1 aromatic carbocycles. The summed E-state index contributed by atoms with van der Waals surface area (Å²) in [5.41, 5.74) is 3.60. The van der Waals surface area contributed by atoms with Crippen LogP contribution in [0.25, 0.3) is 10.6 Å². The normalized spacial score (nSPS) is 14.8. The molecule has 1 aliphatic rings. The molecule has 0 amide bonds. The van der Waals surface area contributed by atoms with Crippen LogP contribution in [-0.2, 0) is 12.4 Å². The molecule has 0 bridgehead atoms. The Morgan fingerprint density at radius 3 is 2.81 bits per heavy atom. The third-order valence-corrected chi connectivity index (χ3v) is 5.19. The summed E-state index contributed by atoms with van der Waals surface area (Å²) >= 11 is 7.56. The molecule has 2 nitrogen and oxygen atoms in total. The number of alkyl halides is 1. The van der Waals surface area contributed by atoms with Gasteiger partial charge in [0.05, 0.1) is 11.6 Å². The van der Waals surface area contributed by atoms with Crippen LogP contribution in [0.3, 0.4) is 0 Å². The monoisotopic (exact) mass is 320 g/mol. The quantitative estimate of drug-likeness (QED) is 0.682. The Hall–Kier alpha value is -0.900. The molecule has 1 aliphatic carbocycles. The minimum atomic E-state index is 0.488. The molecule has 0 radical (unpaired) electrons. The van der Waals surface area contributed by atoms with E-state index in [1.807, 2.05) is 0 Å². The number of aromatic nitrogens is 1. The highest BCUT2D eigenvalue weighted by Crippen LogP contribution is 2.32. The van der Waals surface area contributed by atoms with Gasteiger partial charge < -0.3 is 0 Å². The molecular formula is C17H21ClN2S. The van der Waals surface area contributed by atoms with Crippen molar-refractivity contribution in [2.75, 3.05) is 13.1 Å². The third kappa shape index (κ3) is 3.85. The topological polar surface area (TPSA) is 16.1 Å². The first-order chi connectivity index (χ1) is 10.3. The van der Waals surface area contributed by atoms with Crippen molar-refractivity contribution in [3.8, 4) is 10.6 Å². The highest BCUT2D eigenvalue weighted by atomic mass is 35.5. The highest BCUT2D eigenvalue weighted by Gasteiger charge is 2.24. The van der Waals surface area contributed by atoms with Crippen LogP contribution in [0.4, 0.5) is 0 Å². The van der Waals surface area contributed by atoms with Crippen molar-refractivity contribution in [2.45, 2.75) is 32.2 Å². The number of hydrogen-bond donors (Lipinski definition) is 0. The predicted molar refractivity (Wildman–Crippen MR) is 90.8 cm³/mol. The minimum absolute atomic E-state index is 0.488. The van der Waals surface area contributed by atoms with Crippen molar-refractivity contribution >= 4 is 22.9 Å². The van der Waals surface area contributed by atoms with Crippen LogP contribution in [0.5, 0.6) is 0 Å². The Morgan fingerprint density at radius 2 is 2.14 bits per heavy atom. The van der Waals surface area contributed by atoms with Crippen molar-refractivity contribution in [1.82, 2.24) is 9.88 Å². The van der Waals surface area contributed by atoms with Gasteiger partial charge in [-0.1, -0.05) is 31.2 Å². The summed E-state index contributed by atoms with van der Waals surface area (Å²) in [7, 11) is 0. The Labute approximate surface area is 135 Å². The maximum Gasteiger partial charge on any atom is 0.123 e. The molecule has 1 aromatic heterocycles. The molecule has 3 rings (SSSR count). The van der Waals surface area contributed by atoms with E-state index in [9.17, 15) is 0 Å². The molecule has 112 valence electrons. The van der Waals surface area contributed by atoms with Gasteiger partial charge in [-0.25, -0.2) is 4.98 Å². The van der Waals surface area contributed by atoms with Gasteiger partial charge >= 0.3 is 0 Å². The molecular weight excluding hydrogens is 300 g/mol. The van der Waals surface area contributed by atoms with Gasteiger partial charge in [0.2, 0.25) is 0 Å². The molecule has 0 saturated heterocycles. The lowest BCUT2D eigenvalue weighted by molar-refractivity contribution is 0.269. The van der Waals surface area contributed by atoms with Gasteiger partial charge in [-0.2, -0.15) is 0 Å². The number of nitrogens with zero attached hydrogens (tertiary/aromatic N) is 2. The highest BCUT2D eigenvalue weighted by molar-refractivity contribution is 7.13. The molecule has 1 fully saturated rings. The van der Waals surface area contributed by atoms with Gasteiger partial charge in [0.15, 0.2) is 0 Å². The first kappa shape index (κ1) is 15.0. The number of thiazole rings is 1. The van der Waals surface area contributed by atoms with Gasteiger partial charge in [0.1, 0.15) is 5.01 Å². The van der Waals surface area contributed by atoms with E-state index in [1.165, 1.54) is 30.5 Å². The third-order valence-electron chi connectivity index (χ3n) is 3.99. The van der Waals surface area contributed by atoms with Crippen LogP contribution in [0.15, 0.2) is 29.6 Å². The summed E-state index contributed by atoms with van der Waals surface area (Å²) < 4.78 is 0. The minimum Gasteiger partial charge on any atom is -0.299 e. The smallest absolute Gasteiger partial charge is 0.123 e. The average Bonchev–Trinajstić information content (AvgIpc) is 3.21. The van der Waals surface area contributed by atoms with Crippen LogP contribution in [-0.4, -0.2) is 23.0 Å². The van der Waals surface area contributed by atoms with Gasteiger partial charge in [0.25, 0.3) is 0 Å². The van der Waals surface area contributed by atoms with Crippen LogP contribution < -0.4 is 0 Å². The Morgan fingerprint density at radius 1 is 1.33 bits per heavy atom. The summed E-state index contributed by atoms with van der Waals surface area (Å²) in [5.74, 6) is 1.42. The molecule has 1 heterocycles. The molecule has 21 heavy (non-hydrogen) atoms. The second kappa shape index (κ2) is 6.91. The molecule has 1 saturated carbocycles. The fourth-order valence-corrected chi connectivity index (χ4v) is 3.68. The zero-order valence-electron chi connectivity index (χ0n) is 12.4. The fraction of sp³-hybridized carbons (Fsp3) is 0.471. The summed E-state index contributed by atoms with van der Waals surface area (Å²) in [5, 5.41) is 3.14. The van der Waals surface area contributed by atoms with Crippen LogP contribution in [0.1, 0.15) is 31.0 Å². The van der Waals surface area contributed by atoms with Crippen molar-refractivity contribution in [3.63, 3.8) is 0 Å². The molecule has 0 N–H and O–H groups in total. The van der Waals surface area contributed by atoms with Gasteiger partial charge in [-0.3, -0.25) is 4.90 Å². The summed E-state index contributed by atoms with van der Waals surface area (Å²) in [6.07, 6.45) is 2.81. The second-order valence-electron chi connectivity index (χ2n) is 5.71. The first-order valence-corrected chi connectivity index (χ1v) is 9.02. The van der Waals surface area contributed by atoms with Crippen molar-refractivity contribution in [3.05, 3.63) is 40.9 Å². The average molecular weight is 321 g/mol. The van der Waals surface area contributed by atoms with E-state index in [2.05, 4.69) is 46.5 Å². The maximum atomic E-state index is 5.87. The summed E-state index contributed by atoms with van der Waals surface area (Å²) in [6.45, 7) is 5.60. The van der Waals surface area contributed by atoms with E-state index in [0.717, 1.165) is 29.7 Å². The zero-order chi connectivity index (χ0) is 14.7. The Kier molecular flexibility index (Phi) is 4.94. The number of halogens is 1. The first-order valence-electron chi connectivity index (χ1n) is 7.61.